The van der Waals surface area contributed by atoms with Crippen LogP contribution in [-0.2, 0) is 0 Å². The molecule has 0 spiro atoms. The van der Waals surface area contributed by atoms with Gasteiger partial charge in [0.05, 0.1) is 5.71 Å². The molecular weight excluding hydrogens is 138 g/mol. The molecule has 0 aliphatic rings. The van der Waals surface area contributed by atoms with Gasteiger partial charge in [-0.25, -0.2) is 0 Å². The van der Waals surface area contributed by atoms with Crippen molar-refractivity contribution in [3.8, 4) is 0 Å². The highest BCUT2D eigenvalue weighted by Gasteiger charge is 2.14. The fourth-order valence-corrected chi connectivity index (χ4v) is 1.10. The monoisotopic (exact) mass is 157 g/mol. The molecule has 66 valence electrons. The first-order chi connectivity index (χ1) is 5.17. The number of hydrogen-bond acceptors (Lipinski definition) is 2. The molecule has 0 amide bonds. The normalized spacial score (nSPS) is 15.6. The molecule has 0 heterocycles. The molecule has 0 bridgehead atoms. The summed E-state index contributed by atoms with van der Waals surface area (Å²) in [4.78, 5) is 0. The second kappa shape index (κ2) is 5.16. The van der Waals surface area contributed by atoms with Gasteiger partial charge < -0.3 is 5.21 Å². The van der Waals surface area contributed by atoms with E-state index in [9.17, 15) is 0 Å². The first-order valence-corrected chi connectivity index (χ1v) is 4.39. The quantitative estimate of drug-likeness (QED) is 0.380. The Kier molecular flexibility index (Phi) is 4.92. The predicted molar refractivity (Wildman–Crippen MR) is 48.1 cm³/mol. The van der Waals surface area contributed by atoms with Gasteiger partial charge in [0.1, 0.15) is 0 Å². The lowest BCUT2D eigenvalue weighted by molar-refractivity contribution is 0.310. The van der Waals surface area contributed by atoms with Gasteiger partial charge in [0, 0.05) is 0 Å². The minimum Gasteiger partial charge on any atom is -0.411 e. The highest BCUT2D eigenvalue weighted by molar-refractivity contribution is 5.87. The van der Waals surface area contributed by atoms with Crippen LogP contribution in [0.3, 0.4) is 0 Å². The number of rotatable bonds is 4. The van der Waals surface area contributed by atoms with Crippen molar-refractivity contribution in [2.75, 3.05) is 0 Å². The van der Waals surface area contributed by atoms with Crippen LogP contribution in [0, 0.1) is 11.8 Å². The minimum absolute atomic E-state index is 0.412. The van der Waals surface area contributed by atoms with Crippen molar-refractivity contribution >= 4 is 5.71 Å². The lowest BCUT2D eigenvalue weighted by Crippen LogP contribution is -2.18. The lowest BCUT2D eigenvalue weighted by Gasteiger charge is -2.15. The summed E-state index contributed by atoms with van der Waals surface area (Å²) >= 11 is 0. The second-order valence-electron chi connectivity index (χ2n) is 3.14. The van der Waals surface area contributed by atoms with Gasteiger partial charge >= 0.3 is 0 Å². The van der Waals surface area contributed by atoms with Crippen LogP contribution in [0.25, 0.3) is 0 Å². The van der Waals surface area contributed by atoms with Gasteiger partial charge in [-0.3, -0.25) is 0 Å². The zero-order valence-corrected chi connectivity index (χ0v) is 7.96. The predicted octanol–water partition coefficient (Wildman–Crippen LogP) is 2.91. The molecule has 0 aromatic rings. The topological polar surface area (TPSA) is 32.6 Å². The highest BCUT2D eigenvalue weighted by atomic mass is 16.4. The second-order valence-corrected chi connectivity index (χ2v) is 3.14. The third-order valence-corrected chi connectivity index (χ3v) is 2.35. The van der Waals surface area contributed by atoms with E-state index in [-0.39, 0.29) is 0 Å². The lowest BCUT2D eigenvalue weighted by atomic mass is 9.91. The van der Waals surface area contributed by atoms with E-state index >= 15 is 0 Å². The van der Waals surface area contributed by atoms with E-state index in [4.69, 9.17) is 5.21 Å². The minimum atomic E-state index is 0.412. The van der Waals surface area contributed by atoms with Gasteiger partial charge in [-0.15, -0.1) is 0 Å². The van der Waals surface area contributed by atoms with Crippen molar-refractivity contribution in [2.24, 2.45) is 17.0 Å². The average molecular weight is 157 g/mol. The Hall–Kier alpha value is -0.530. The molecule has 0 saturated heterocycles. The van der Waals surface area contributed by atoms with E-state index in [1.165, 1.54) is 0 Å². The van der Waals surface area contributed by atoms with E-state index in [1.54, 1.807) is 0 Å². The fraction of sp³-hybridized carbons (Fsp3) is 0.889. The maximum absolute atomic E-state index is 8.72. The van der Waals surface area contributed by atoms with Crippen molar-refractivity contribution in [2.45, 2.75) is 40.5 Å². The first kappa shape index (κ1) is 10.5. The van der Waals surface area contributed by atoms with E-state index in [2.05, 4.69) is 32.9 Å². The van der Waals surface area contributed by atoms with Crippen LogP contribution < -0.4 is 0 Å². The Balaban J connectivity index is 4.17. The molecule has 0 saturated carbocycles. The molecule has 0 aromatic carbocycles. The van der Waals surface area contributed by atoms with Crippen LogP contribution in [0.1, 0.15) is 40.5 Å². The van der Waals surface area contributed by atoms with Gasteiger partial charge in [-0.05, 0) is 24.7 Å². The molecule has 2 heteroatoms. The van der Waals surface area contributed by atoms with Gasteiger partial charge in [-0.2, -0.15) is 0 Å². The average Bonchev–Trinajstić information content (AvgIpc) is 2.05. The van der Waals surface area contributed by atoms with Crippen LogP contribution in [0.2, 0.25) is 0 Å². The van der Waals surface area contributed by atoms with Crippen molar-refractivity contribution in [3.63, 3.8) is 0 Å². The maximum Gasteiger partial charge on any atom is 0.0626 e. The van der Waals surface area contributed by atoms with Gasteiger partial charge in [-0.1, -0.05) is 32.9 Å². The van der Waals surface area contributed by atoms with E-state index < -0.39 is 0 Å². The van der Waals surface area contributed by atoms with Gasteiger partial charge in [0.15, 0.2) is 0 Å². The summed E-state index contributed by atoms with van der Waals surface area (Å²) in [6.45, 7) is 8.42. The Morgan fingerprint density at radius 2 is 1.55 bits per heavy atom. The smallest absolute Gasteiger partial charge is 0.0626 e. The van der Waals surface area contributed by atoms with Crippen LogP contribution in [0.4, 0.5) is 0 Å². The highest BCUT2D eigenvalue weighted by Crippen LogP contribution is 2.14. The third-order valence-electron chi connectivity index (χ3n) is 2.35. The molecule has 0 radical (unpaired) electrons. The molecule has 0 aliphatic carbocycles. The molecule has 0 aliphatic heterocycles. The standard InChI is InChI=1S/C9H19NO/c1-5-7(3)9(10-11)8(4)6-2/h7-8,11H,5-6H2,1-4H3. The van der Waals surface area contributed by atoms with E-state index in [0.717, 1.165) is 18.6 Å². The zero-order chi connectivity index (χ0) is 8.85. The van der Waals surface area contributed by atoms with E-state index in [0.29, 0.717) is 11.8 Å². The van der Waals surface area contributed by atoms with Crippen molar-refractivity contribution in [1.82, 2.24) is 0 Å². The molecule has 1 N–H and O–H groups in total. The zero-order valence-electron chi connectivity index (χ0n) is 7.96. The largest absolute Gasteiger partial charge is 0.411 e. The Bertz CT molecular complexity index is 120. The van der Waals surface area contributed by atoms with Crippen LogP contribution in [0.5, 0.6) is 0 Å². The van der Waals surface area contributed by atoms with Crippen molar-refractivity contribution < 1.29 is 5.21 Å². The van der Waals surface area contributed by atoms with Crippen molar-refractivity contribution in [3.05, 3.63) is 0 Å². The number of oxime groups is 1. The molecule has 0 rings (SSSR count). The Labute approximate surface area is 69.3 Å². The molecule has 11 heavy (non-hydrogen) atoms. The first-order valence-electron chi connectivity index (χ1n) is 4.39. The van der Waals surface area contributed by atoms with Crippen molar-refractivity contribution in [1.29, 1.82) is 0 Å². The summed E-state index contributed by atoms with van der Waals surface area (Å²) in [7, 11) is 0. The molecular formula is C9H19NO. The van der Waals surface area contributed by atoms with Crippen LogP contribution >= 0.6 is 0 Å². The van der Waals surface area contributed by atoms with E-state index in [1.807, 2.05) is 0 Å². The Morgan fingerprint density at radius 3 is 1.73 bits per heavy atom. The summed E-state index contributed by atoms with van der Waals surface area (Å²) in [6, 6.07) is 0. The summed E-state index contributed by atoms with van der Waals surface area (Å²) in [6.07, 6.45) is 2.09. The molecule has 0 fully saturated rings. The van der Waals surface area contributed by atoms with Crippen LogP contribution in [0.15, 0.2) is 5.16 Å². The molecule has 2 atom stereocenters. The fourth-order valence-electron chi connectivity index (χ4n) is 1.10. The third kappa shape index (κ3) is 2.91. The van der Waals surface area contributed by atoms with Gasteiger partial charge in [0.2, 0.25) is 0 Å². The summed E-state index contributed by atoms with van der Waals surface area (Å²) < 4.78 is 0. The van der Waals surface area contributed by atoms with Gasteiger partial charge in [0.25, 0.3) is 0 Å². The number of nitrogens with zero attached hydrogens (tertiary/aromatic N) is 1. The maximum atomic E-state index is 8.72. The summed E-state index contributed by atoms with van der Waals surface area (Å²) in [5.74, 6) is 0.824. The Morgan fingerprint density at radius 1 is 1.18 bits per heavy atom. The van der Waals surface area contributed by atoms with Crippen LogP contribution in [-0.4, -0.2) is 10.9 Å². The summed E-state index contributed by atoms with van der Waals surface area (Å²) in [5, 5.41) is 12.1. The molecule has 2 unspecified atom stereocenters. The number of hydrogen-bond donors (Lipinski definition) is 1. The molecule has 2 nitrogen and oxygen atoms in total. The summed E-state index contributed by atoms with van der Waals surface area (Å²) in [5.41, 5.74) is 0.940. The SMILES string of the molecule is CCC(C)C(=NO)C(C)CC. The molecule has 0 aromatic heterocycles.